The summed E-state index contributed by atoms with van der Waals surface area (Å²) in [6, 6.07) is 9.72. The van der Waals surface area contributed by atoms with E-state index in [9.17, 15) is 0 Å². The second kappa shape index (κ2) is 10.1. The van der Waals surface area contributed by atoms with Crippen LogP contribution in [0.25, 0.3) is 11.3 Å². The van der Waals surface area contributed by atoms with E-state index < -0.39 is 0 Å². The summed E-state index contributed by atoms with van der Waals surface area (Å²) in [4.78, 5) is 8.41. The molecule has 1 aromatic heterocycles. The number of rotatable bonds is 2. The second-order valence-corrected chi connectivity index (χ2v) is 3.22. The zero-order valence-electron chi connectivity index (χ0n) is 12.8. The van der Waals surface area contributed by atoms with Gasteiger partial charge in [0.25, 0.3) is 0 Å². The molecule has 2 rings (SSSR count). The summed E-state index contributed by atoms with van der Waals surface area (Å²) >= 11 is 0. The number of nitrogens with zero attached hydrogens (tertiary/aromatic N) is 2. The van der Waals surface area contributed by atoms with Crippen molar-refractivity contribution in [1.29, 1.82) is 0 Å². The van der Waals surface area contributed by atoms with Crippen LogP contribution in [0.2, 0.25) is 0 Å². The molecule has 3 heteroatoms. The number of aromatic nitrogens is 2. The Morgan fingerprint density at radius 2 is 1.47 bits per heavy atom. The summed E-state index contributed by atoms with van der Waals surface area (Å²) in [6.45, 7) is 9.88. The molecule has 0 amide bonds. The van der Waals surface area contributed by atoms with Crippen LogP contribution in [0.15, 0.2) is 36.5 Å². The van der Waals surface area contributed by atoms with Crippen molar-refractivity contribution in [3.8, 4) is 17.0 Å². The standard InChI is InChI=1S/C12H12N2O.2C2H6/c1-9-13-8-7-12(14-9)10-3-5-11(15-2)6-4-10;2*1-2/h3-8H,1-2H3;2*1-2H3. The molecule has 1 heterocycles. The summed E-state index contributed by atoms with van der Waals surface area (Å²) in [6.07, 6.45) is 1.77. The third kappa shape index (κ3) is 5.51. The maximum absolute atomic E-state index is 5.10. The van der Waals surface area contributed by atoms with Gasteiger partial charge in [0.1, 0.15) is 11.6 Å². The number of hydrogen-bond donors (Lipinski definition) is 0. The summed E-state index contributed by atoms with van der Waals surface area (Å²) in [5.74, 6) is 1.63. The second-order valence-electron chi connectivity index (χ2n) is 3.22. The molecular weight excluding hydrogens is 236 g/mol. The summed E-state index contributed by atoms with van der Waals surface area (Å²) in [5, 5.41) is 0. The summed E-state index contributed by atoms with van der Waals surface area (Å²) in [5.41, 5.74) is 2.01. The number of ether oxygens (including phenoxy) is 1. The van der Waals surface area contributed by atoms with Gasteiger partial charge in [0, 0.05) is 11.8 Å². The van der Waals surface area contributed by atoms with E-state index >= 15 is 0 Å². The molecule has 19 heavy (non-hydrogen) atoms. The van der Waals surface area contributed by atoms with E-state index in [1.165, 1.54) is 0 Å². The molecule has 1 aromatic carbocycles. The molecule has 0 radical (unpaired) electrons. The van der Waals surface area contributed by atoms with Crippen LogP contribution in [0.5, 0.6) is 5.75 Å². The molecule has 0 saturated carbocycles. The Labute approximate surface area is 116 Å². The molecule has 0 unspecified atom stereocenters. The zero-order valence-corrected chi connectivity index (χ0v) is 12.8. The lowest BCUT2D eigenvalue weighted by Gasteiger charge is -2.03. The number of hydrogen-bond acceptors (Lipinski definition) is 3. The Hall–Kier alpha value is -1.90. The van der Waals surface area contributed by atoms with Crippen LogP contribution in [-0.4, -0.2) is 17.1 Å². The Kier molecular flexibility index (Phi) is 9.06. The number of benzene rings is 1. The van der Waals surface area contributed by atoms with Gasteiger partial charge in [-0.25, -0.2) is 9.97 Å². The van der Waals surface area contributed by atoms with Crippen LogP contribution in [0.1, 0.15) is 33.5 Å². The smallest absolute Gasteiger partial charge is 0.125 e. The van der Waals surface area contributed by atoms with E-state index in [0.29, 0.717) is 0 Å². The molecule has 0 fully saturated rings. The van der Waals surface area contributed by atoms with Gasteiger partial charge in [0.2, 0.25) is 0 Å². The highest BCUT2D eigenvalue weighted by atomic mass is 16.5. The first-order valence-electron chi connectivity index (χ1n) is 6.73. The van der Waals surface area contributed by atoms with E-state index in [1.54, 1.807) is 13.3 Å². The first-order chi connectivity index (χ1) is 9.29. The van der Waals surface area contributed by atoms with Gasteiger partial charge in [-0.2, -0.15) is 0 Å². The lowest BCUT2D eigenvalue weighted by Crippen LogP contribution is -1.89. The van der Waals surface area contributed by atoms with Gasteiger partial charge in [-0.1, -0.05) is 27.7 Å². The maximum Gasteiger partial charge on any atom is 0.125 e. The van der Waals surface area contributed by atoms with Crippen molar-refractivity contribution >= 4 is 0 Å². The number of methoxy groups -OCH3 is 1. The molecule has 0 N–H and O–H groups in total. The minimum Gasteiger partial charge on any atom is -0.497 e. The minimum absolute atomic E-state index is 0.781. The van der Waals surface area contributed by atoms with E-state index in [1.807, 2.05) is 65.0 Å². The molecule has 0 aliphatic rings. The van der Waals surface area contributed by atoms with Crippen molar-refractivity contribution in [2.75, 3.05) is 7.11 Å². The Bertz CT molecular complexity index is 453. The molecule has 0 bridgehead atoms. The topological polar surface area (TPSA) is 35.0 Å². The Morgan fingerprint density at radius 3 is 1.95 bits per heavy atom. The van der Waals surface area contributed by atoms with Crippen molar-refractivity contribution in [3.63, 3.8) is 0 Å². The van der Waals surface area contributed by atoms with Crippen LogP contribution in [0, 0.1) is 6.92 Å². The molecule has 2 aromatic rings. The van der Waals surface area contributed by atoms with Crippen LogP contribution in [0.4, 0.5) is 0 Å². The fourth-order valence-corrected chi connectivity index (χ4v) is 1.38. The average Bonchev–Trinajstić information content (AvgIpc) is 2.51. The molecule has 104 valence electrons. The third-order valence-corrected chi connectivity index (χ3v) is 2.16. The van der Waals surface area contributed by atoms with E-state index in [4.69, 9.17) is 4.74 Å². The highest BCUT2D eigenvalue weighted by Crippen LogP contribution is 2.19. The molecule has 0 saturated heterocycles. The van der Waals surface area contributed by atoms with Gasteiger partial charge < -0.3 is 4.74 Å². The summed E-state index contributed by atoms with van der Waals surface area (Å²) < 4.78 is 5.10. The normalized spacial score (nSPS) is 8.53. The third-order valence-electron chi connectivity index (χ3n) is 2.16. The molecule has 3 nitrogen and oxygen atoms in total. The number of aryl methyl sites for hydroxylation is 1. The SMILES string of the molecule is CC.CC.COc1ccc(-c2ccnc(C)n2)cc1. The van der Waals surface area contributed by atoms with E-state index in [2.05, 4.69) is 9.97 Å². The summed E-state index contributed by atoms with van der Waals surface area (Å²) in [7, 11) is 1.66. The van der Waals surface area contributed by atoms with E-state index in [-0.39, 0.29) is 0 Å². The van der Waals surface area contributed by atoms with Crippen LogP contribution < -0.4 is 4.74 Å². The lowest BCUT2D eigenvalue weighted by atomic mass is 10.1. The average molecular weight is 260 g/mol. The van der Waals surface area contributed by atoms with E-state index in [0.717, 1.165) is 22.8 Å². The van der Waals surface area contributed by atoms with Gasteiger partial charge in [-0.3, -0.25) is 0 Å². The first-order valence-corrected chi connectivity index (χ1v) is 6.73. The highest BCUT2D eigenvalue weighted by Gasteiger charge is 1.99. The predicted molar refractivity (Wildman–Crippen MR) is 81.5 cm³/mol. The first kappa shape index (κ1) is 17.1. The minimum atomic E-state index is 0.781. The van der Waals surface area contributed by atoms with Crippen LogP contribution >= 0.6 is 0 Å². The predicted octanol–water partition coefficient (Wildman–Crippen LogP) is 4.51. The van der Waals surface area contributed by atoms with Crippen molar-refractivity contribution in [2.45, 2.75) is 34.6 Å². The molecule has 0 aliphatic carbocycles. The van der Waals surface area contributed by atoms with Crippen molar-refractivity contribution < 1.29 is 4.74 Å². The maximum atomic E-state index is 5.10. The monoisotopic (exact) mass is 260 g/mol. The van der Waals surface area contributed by atoms with Gasteiger partial charge in [0.15, 0.2) is 0 Å². The van der Waals surface area contributed by atoms with Crippen LogP contribution in [-0.2, 0) is 0 Å². The molecule has 0 spiro atoms. The fourth-order valence-electron chi connectivity index (χ4n) is 1.38. The van der Waals surface area contributed by atoms with Gasteiger partial charge in [0.05, 0.1) is 12.8 Å². The van der Waals surface area contributed by atoms with Gasteiger partial charge >= 0.3 is 0 Å². The highest BCUT2D eigenvalue weighted by molar-refractivity contribution is 5.59. The lowest BCUT2D eigenvalue weighted by molar-refractivity contribution is 0.415. The van der Waals surface area contributed by atoms with Crippen molar-refractivity contribution in [2.24, 2.45) is 0 Å². The Morgan fingerprint density at radius 1 is 0.895 bits per heavy atom. The van der Waals surface area contributed by atoms with Gasteiger partial charge in [-0.15, -0.1) is 0 Å². The van der Waals surface area contributed by atoms with Crippen molar-refractivity contribution in [3.05, 3.63) is 42.4 Å². The zero-order chi connectivity index (χ0) is 14.7. The molecular formula is C16H24N2O. The van der Waals surface area contributed by atoms with Crippen molar-refractivity contribution in [1.82, 2.24) is 9.97 Å². The largest absolute Gasteiger partial charge is 0.497 e. The van der Waals surface area contributed by atoms with Gasteiger partial charge in [-0.05, 0) is 37.3 Å². The fraction of sp³-hybridized carbons (Fsp3) is 0.375. The van der Waals surface area contributed by atoms with Crippen LogP contribution in [0.3, 0.4) is 0 Å². The quantitative estimate of drug-likeness (QED) is 0.796. The molecule has 0 atom stereocenters. The molecule has 0 aliphatic heterocycles. The Balaban J connectivity index is 0.000000741.